The van der Waals surface area contributed by atoms with E-state index in [0.29, 0.717) is 11.9 Å². The van der Waals surface area contributed by atoms with Crippen LogP contribution in [0.3, 0.4) is 0 Å². The van der Waals surface area contributed by atoms with E-state index in [1.165, 1.54) is 5.56 Å². The summed E-state index contributed by atoms with van der Waals surface area (Å²) in [4.78, 5) is 12.4. The predicted molar refractivity (Wildman–Crippen MR) is 85.8 cm³/mol. The molecule has 0 fully saturated rings. The molecule has 0 saturated carbocycles. The summed E-state index contributed by atoms with van der Waals surface area (Å²) >= 11 is 9.41. The second-order valence-electron chi connectivity index (χ2n) is 4.29. The highest BCUT2D eigenvalue weighted by molar-refractivity contribution is 9.10. The van der Waals surface area contributed by atoms with Crippen LogP contribution in [-0.2, 0) is 0 Å². The lowest BCUT2D eigenvalue weighted by Gasteiger charge is -2.09. The van der Waals surface area contributed by atoms with Crippen LogP contribution in [0.5, 0.6) is 0 Å². The Labute approximate surface area is 131 Å². The Bertz CT molecular complexity index is 605. The van der Waals surface area contributed by atoms with E-state index >= 15 is 0 Å². The van der Waals surface area contributed by atoms with E-state index in [0.717, 1.165) is 23.1 Å². The molecule has 0 aliphatic carbocycles. The SMILES string of the molecule is CCCNc1nc(Cl)nc(Nc2ccc(C)cc2Br)n1. The van der Waals surface area contributed by atoms with Crippen molar-refractivity contribution in [2.45, 2.75) is 20.3 Å². The number of aromatic nitrogens is 3. The van der Waals surface area contributed by atoms with Gasteiger partial charge < -0.3 is 10.6 Å². The number of rotatable bonds is 5. The highest BCUT2D eigenvalue weighted by atomic mass is 79.9. The average molecular weight is 357 g/mol. The van der Waals surface area contributed by atoms with E-state index in [2.05, 4.69) is 48.4 Å². The lowest BCUT2D eigenvalue weighted by Crippen LogP contribution is -2.08. The molecule has 2 N–H and O–H groups in total. The van der Waals surface area contributed by atoms with Gasteiger partial charge in [-0.05, 0) is 58.6 Å². The molecule has 1 heterocycles. The predicted octanol–water partition coefficient (Wildman–Crippen LogP) is 4.16. The molecule has 5 nitrogen and oxygen atoms in total. The summed E-state index contributed by atoms with van der Waals surface area (Å²) in [5.41, 5.74) is 2.04. The fourth-order valence-electron chi connectivity index (χ4n) is 1.56. The minimum atomic E-state index is 0.157. The summed E-state index contributed by atoms with van der Waals surface area (Å²) in [7, 11) is 0. The fourth-order valence-corrected chi connectivity index (χ4v) is 2.32. The molecule has 0 radical (unpaired) electrons. The summed E-state index contributed by atoms with van der Waals surface area (Å²) in [6, 6.07) is 5.98. The van der Waals surface area contributed by atoms with E-state index in [9.17, 15) is 0 Å². The van der Waals surface area contributed by atoms with Crippen molar-refractivity contribution in [1.29, 1.82) is 0 Å². The van der Waals surface area contributed by atoms with Crippen molar-refractivity contribution in [3.63, 3.8) is 0 Å². The fraction of sp³-hybridized carbons (Fsp3) is 0.308. The normalized spacial score (nSPS) is 10.4. The zero-order chi connectivity index (χ0) is 14.5. The third kappa shape index (κ3) is 4.05. The number of nitrogens with zero attached hydrogens (tertiary/aromatic N) is 3. The standard InChI is InChI=1S/C13H15BrClN5/c1-3-6-16-12-18-11(15)19-13(20-12)17-10-5-4-8(2)7-9(10)14/h4-5,7H,3,6H2,1-2H3,(H2,16,17,18,19,20). The summed E-state index contributed by atoms with van der Waals surface area (Å²) < 4.78 is 0.942. The Hall–Kier alpha value is -1.40. The first kappa shape index (κ1) is 15.0. The van der Waals surface area contributed by atoms with Crippen molar-refractivity contribution >= 4 is 45.1 Å². The van der Waals surface area contributed by atoms with Crippen LogP contribution in [0.2, 0.25) is 5.28 Å². The smallest absolute Gasteiger partial charge is 0.233 e. The maximum Gasteiger partial charge on any atom is 0.233 e. The second-order valence-corrected chi connectivity index (χ2v) is 5.48. The Morgan fingerprint density at radius 1 is 1.20 bits per heavy atom. The van der Waals surface area contributed by atoms with Crippen molar-refractivity contribution in [1.82, 2.24) is 15.0 Å². The quantitative estimate of drug-likeness (QED) is 0.842. The zero-order valence-electron chi connectivity index (χ0n) is 11.2. The molecule has 2 rings (SSSR count). The number of aryl methyl sites for hydroxylation is 1. The Balaban J connectivity index is 2.21. The summed E-state index contributed by atoms with van der Waals surface area (Å²) in [6.07, 6.45) is 0.982. The molecule has 106 valence electrons. The van der Waals surface area contributed by atoms with Gasteiger partial charge in [-0.15, -0.1) is 0 Å². The van der Waals surface area contributed by atoms with Gasteiger partial charge in [0, 0.05) is 11.0 Å². The first-order chi connectivity index (χ1) is 9.58. The number of hydrogen-bond donors (Lipinski definition) is 2. The Morgan fingerprint density at radius 2 is 1.95 bits per heavy atom. The molecule has 0 spiro atoms. The third-order valence-corrected chi connectivity index (χ3v) is 3.34. The Kier molecular flexibility index (Phi) is 5.14. The largest absolute Gasteiger partial charge is 0.354 e. The van der Waals surface area contributed by atoms with E-state index < -0.39 is 0 Å². The molecule has 0 aliphatic heterocycles. The van der Waals surface area contributed by atoms with Crippen LogP contribution < -0.4 is 10.6 Å². The van der Waals surface area contributed by atoms with Gasteiger partial charge in [-0.25, -0.2) is 0 Å². The first-order valence-corrected chi connectivity index (χ1v) is 7.44. The van der Waals surface area contributed by atoms with Gasteiger partial charge in [0.2, 0.25) is 17.2 Å². The monoisotopic (exact) mass is 355 g/mol. The van der Waals surface area contributed by atoms with Crippen LogP contribution in [0.4, 0.5) is 17.6 Å². The molecule has 1 aromatic carbocycles. The summed E-state index contributed by atoms with van der Waals surface area (Å²) in [6.45, 7) is 4.88. The van der Waals surface area contributed by atoms with Crippen LogP contribution in [0, 0.1) is 6.92 Å². The van der Waals surface area contributed by atoms with Gasteiger partial charge >= 0.3 is 0 Å². The lowest BCUT2D eigenvalue weighted by atomic mass is 10.2. The van der Waals surface area contributed by atoms with Crippen LogP contribution in [0.25, 0.3) is 0 Å². The number of halogens is 2. The molecule has 0 saturated heterocycles. The van der Waals surface area contributed by atoms with Crippen LogP contribution >= 0.6 is 27.5 Å². The van der Waals surface area contributed by atoms with Gasteiger partial charge in [-0.3, -0.25) is 0 Å². The van der Waals surface area contributed by atoms with Crippen LogP contribution in [0.1, 0.15) is 18.9 Å². The van der Waals surface area contributed by atoms with Crippen molar-refractivity contribution in [3.05, 3.63) is 33.5 Å². The molecule has 7 heteroatoms. The maximum absolute atomic E-state index is 5.91. The highest BCUT2D eigenvalue weighted by Crippen LogP contribution is 2.26. The number of anilines is 3. The van der Waals surface area contributed by atoms with Gasteiger partial charge in [0.05, 0.1) is 5.69 Å². The first-order valence-electron chi connectivity index (χ1n) is 6.27. The van der Waals surface area contributed by atoms with Gasteiger partial charge in [0.15, 0.2) is 0 Å². The molecular weight excluding hydrogens is 342 g/mol. The number of nitrogens with one attached hydrogen (secondary N) is 2. The molecular formula is C13H15BrClN5. The second kappa shape index (κ2) is 6.85. The number of benzene rings is 1. The Morgan fingerprint density at radius 3 is 2.65 bits per heavy atom. The molecule has 2 aromatic rings. The molecule has 0 bridgehead atoms. The molecule has 0 atom stereocenters. The van der Waals surface area contributed by atoms with Gasteiger partial charge in [-0.1, -0.05) is 13.0 Å². The van der Waals surface area contributed by atoms with Gasteiger partial charge in [-0.2, -0.15) is 15.0 Å². The van der Waals surface area contributed by atoms with E-state index in [-0.39, 0.29) is 5.28 Å². The molecule has 0 unspecified atom stereocenters. The molecule has 0 amide bonds. The van der Waals surface area contributed by atoms with Crippen LogP contribution in [0.15, 0.2) is 22.7 Å². The molecule has 20 heavy (non-hydrogen) atoms. The van der Waals surface area contributed by atoms with Gasteiger partial charge in [0.1, 0.15) is 0 Å². The minimum Gasteiger partial charge on any atom is -0.354 e. The lowest BCUT2D eigenvalue weighted by molar-refractivity contribution is 0.940. The molecule has 0 aliphatic rings. The topological polar surface area (TPSA) is 62.7 Å². The molecule has 1 aromatic heterocycles. The average Bonchev–Trinajstić information content (AvgIpc) is 2.39. The van der Waals surface area contributed by atoms with Crippen molar-refractivity contribution in [2.75, 3.05) is 17.2 Å². The van der Waals surface area contributed by atoms with Crippen molar-refractivity contribution in [3.8, 4) is 0 Å². The summed E-state index contributed by atoms with van der Waals surface area (Å²) in [5, 5.41) is 6.37. The highest BCUT2D eigenvalue weighted by Gasteiger charge is 2.07. The van der Waals surface area contributed by atoms with Gasteiger partial charge in [0.25, 0.3) is 0 Å². The summed E-state index contributed by atoms with van der Waals surface area (Å²) in [5.74, 6) is 0.880. The van der Waals surface area contributed by atoms with Crippen LogP contribution in [-0.4, -0.2) is 21.5 Å². The van der Waals surface area contributed by atoms with Crippen molar-refractivity contribution < 1.29 is 0 Å². The van der Waals surface area contributed by atoms with Crippen molar-refractivity contribution in [2.24, 2.45) is 0 Å². The number of hydrogen-bond acceptors (Lipinski definition) is 5. The van der Waals surface area contributed by atoms with E-state index in [4.69, 9.17) is 11.6 Å². The zero-order valence-corrected chi connectivity index (χ0v) is 13.6. The minimum absolute atomic E-state index is 0.157. The maximum atomic E-state index is 5.91. The van der Waals surface area contributed by atoms with E-state index in [1.54, 1.807) is 0 Å². The third-order valence-electron chi connectivity index (χ3n) is 2.51. The van der Waals surface area contributed by atoms with E-state index in [1.807, 2.05) is 25.1 Å².